The maximum atomic E-state index is 14.3. The van der Waals surface area contributed by atoms with Crippen LogP contribution in [-0.2, 0) is 41.5 Å². The van der Waals surface area contributed by atoms with E-state index in [0.29, 0.717) is 35.0 Å². The number of carbonyl (C=O) groups excluding carboxylic acids is 1. The van der Waals surface area contributed by atoms with Gasteiger partial charge in [-0.1, -0.05) is 22.3 Å². The molecule has 0 aromatic carbocycles. The van der Waals surface area contributed by atoms with Crippen LogP contribution in [-0.4, -0.2) is 119 Å². The zero-order valence-electron chi connectivity index (χ0n) is 44.2. The molecule has 82 heavy (non-hydrogen) atoms. The molecule has 1 aliphatic heterocycles. The smallest absolute Gasteiger partial charge is 0.460 e. The van der Waals surface area contributed by atoms with Crippen molar-refractivity contribution in [3.8, 4) is 22.9 Å². The zero-order chi connectivity index (χ0) is 59.3. The molecule has 7 aromatic rings. The van der Waals surface area contributed by atoms with Crippen LogP contribution in [0, 0.1) is 11.6 Å². The Hall–Kier alpha value is -5.73. The van der Waals surface area contributed by atoms with Crippen molar-refractivity contribution in [2.45, 2.75) is 126 Å². The van der Waals surface area contributed by atoms with Gasteiger partial charge in [-0.3, -0.25) is 13.6 Å². The first kappa shape index (κ1) is 74.3. The Balaban J connectivity index is 0.000000554. The van der Waals surface area contributed by atoms with Crippen LogP contribution in [0.15, 0.2) is 88.5 Å². The van der Waals surface area contributed by atoms with Crippen LogP contribution in [0.4, 0.5) is 40.9 Å². The molecule has 0 atom stereocenters. The molecule has 3 N–H and O–H groups in total. The Kier molecular flexibility index (Phi) is 28.3. The molecule has 19 nitrogen and oxygen atoms in total. The van der Waals surface area contributed by atoms with Gasteiger partial charge >= 0.3 is 19.5 Å². The van der Waals surface area contributed by atoms with E-state index < -0.39 is 70.5 Å². The molecule has 454 valence electrons. The van der Waals surface area contributed by atoms with E-state index in [1.807, 2.05) is 56.5 Å². The van der Waals surface area contributed by atoms with Crippen LogP contribution in [0.2, 0.25) is 0 Å². The molecule has 8 rings (SSSR count). The topological polar surface area (TPSA) is 219 Å². The van der Waals surface area contributed by atoms with Gasteiger partial charge in [-0.2, -0.15) is 26.3 Å². The van der Waals surface area contributed by atoms with Crippen LogP contribution in [0.1, 0.15) is 89.3 Å². The summed E-state index contributed by atoms with van der Waals surface area (Å²) in [5.74, 6) is 3.64. The molecule has 0 aliphatic carbocycles. The van der Waals surface area contributed by atoms with Crippen molar-refractivity contribution in [3.63, 3.8) is 0 Å². The molecule has 0 saturated carbocycles. The molecule has 1 aliphatic rings. The summed E-state index contributed by atoms with van der Waals surface area (Å²) >= 11 is 11.4. The van der Waals surface area contributed by atoms with E-state index in [0.717, 1.165) is 60.2 Å². The number of rotatable bonds is 13. The molecular formula is C51H67BBr2ClF8N11O8. The van der Waals surface area contributed by atoms with Crippen LogP contribution < -0.4 is 26.2 Å². The number of ether oxygens (including phenoxy) is 5. The van der Waals surface area contributed by atoms with Crippen molar-refractivity contribution < 1.29 is 72.9 Å². The van der Waals surface area contributed by atoms with E-state index in [2.05, 4.69) is 77.4 Å². The second-order valence-electron chi connectivity index (χ2n) is 18.5. The van der Waals surface area contributed by atoms with Gasteiger partial charge in [0.15, 0.2) is 45.8 Å². The van der Waals surface area contributed by atoms with Crippen LogP contribution >= 0.6 is 43.5 Å². The number of anilines is 1. The molecular weight excluding hydrogens is 1250 g/mol. The second-order valence-corrected chi connectivity index (χ2v) is 20.7. The van der Waals surface area contributed by atoms with Gasteiger partial charge in [0, 0.05) is 77.8 Å². The monoisotopic (exact) mass is 1320 g/mol. The first-order valence-electron chi connectivity index (χ1n) is 22.9. The first-order valence-corrected chi connectivity index (χ1v) is 24.9. The van der Waals surface area contributed by atoms with Crippen molar-refractivity contribution >= 4 is 78.4 Å². The summed E-state index contributed by atoms with van der Waals surface area (Å²) < 4.78 is 147. The summed E-state index contributed by atoms with van der Waals surface area (Å²) in [7, 11) is 3.71. The summed E-state index contributed by atoms with van der Waals surface area (Å²) in [6, 6.07) is 12.9. The summed E-state index contributed by atoms with van der Waals surface area (Å²) in [5, 5.41) is 15.5. The quantitative estimate of drug-likeness (QED) is 0.0360. The summed E-state index contributed by atoms with van der Waals surface area (Å²) in [6.07, 6.45) is -1.64. The summed E-state index contributed by atoms with van der Waals surface area (Å²) in [5.41, 5.74) is -1.35. The van der Waals surface area contributed by atoms with E-state index in [1.54, 1.807) is 42.1 Å². The van der Waals surface area contributed by atoms with Crippen LogP contribution in [0.3, 0.4) is 0 Å². The number of halogens is 11. The predicted octanol–water partition coefficient (Wildman–Crippen LogP) is 12.1. The Bertz CT molecular complexity index is 3110. The second kappa shape index (κ2) is 31.3. The van der Waals surface area contributed by atoms with Gasteiger partial charge in [0.05, 0.1) is 11.2 Å². The van der Waals surface area contributed by atoms with Crippen molar-refractivity contribution in [1.82, 2.24) is 44.1 Å². The Morgan fingerprint density at radius 1 is 0.659 bits per heavy atom. The largest absolute Gasteiger partial charge is 0.496 e. The fraction of sp³-hybridized carbons (Fsp3) is 0.451. The molecule has 0 bridgehead atoms. The highest BCUT2D eigenvalue weighted by molar-refractivity contribution is 9.10. The third-order valence-corrected chi connectivity index (χ3v) is 12.2. The summed E-state index contributed by atoms with van der Waals surface area (Å²) in [6.45, 7) is 11.3. The van der Waals surface area contributed by atoms with Crippen molar-refractivity contribution in [2.24, 2.45) is 5.84 Å². The number of hydrogen-bond donors (Lipinski definition) is 2. The summed E-state index contributed by atoms with van der Waals surface area (Å²) in [4.78, 5) is 21.0. The van der Waals surface area contributed by atoms with Gasteiger partial charge in [0.2, 0.25) is 5.24 Å². The fourth-order valence-corrected chi connectivity index (χ4v) is 6.61. The SMILES string of the molecule is C.C.C.CC(C)(Oc1ncc(B2OC(C)(C)C(C)(C)O2)cc1F)C(F)(F)F.COCC(=O)Cl.COCc1nnc2ccc(-c3cnc(OC(C)(C)C(F)(F)F)c(F)c3)cn12.COCc1nnc2ccc(Br)cn12.NNc1ccc(Br)cn1. The number of pyridine rings is 5. The molecule has 1 fully saturated rings. The number of nitrogen functional groups attached to an aromatic ring is 1. The highest BCUT2D eigenvalue weighted by Crippen LogP contribution is 2.38. The lowest BCUT2D eigenvalue weighted by molar-refractivity contribution is -0.236. The van der Waals surface area contributed by atoms with Crippen LogP contribution in [0.25, 0.3) is 22.4 Å². The van der Waals surface area contributed by atoms with Crippen molar-refractivity contribution in [2.75, 3.05) is 33.4 Å². The number of hydrogen-bond acceptors (Lipinski definition) is 17. The number of aromatic nitrogens is 9. The third kappa shape index (κ3) is 20.3. The lowest BCUT2D eigenvalue weighted by atomic mass is 9.80. The van der Waals surface area contributed by atoms with E-state index in [1.165, 1.54) is 26.6 Å². The average molecular weight is 1320 g/mol. The van der Waals surface area contributed by atoms with E-state index in [9.17, 15) is 39.9 Å². The molecule has 1 saturated heterocycles. The number of carbonyl (C=O) groups is 1. The minimum absolute atomic E-state index is 0. The highest BCUT2D eigenvalue weighted by atomic mass is 79.9. The van der Waals surface area contributed by atoms with E-state index >= 15 is 0 Å². The van der Waals surface area contributed by atoms with Crippen LogP contribution in [0.5, 0.6) is 11.8 Å². The Morgan fingerprint density at radius 3 is 1.52 bits per heavy atom. The standard InChI is InChI=1S/C17H16F4N4O2.C15H20BF4NO3.C8H8BrN3O.C5H6BrN3.C3H5ClO2.3CH4/c1-16(2,17(19,20)21)27-15-12(18)6-11(7-22-15)10-4-5-13-23-24-14(9-26-3)25(13)8-10;1-12(2)13(3,4)24-16(23-12)9-7-10(17)11(21-8-9)22-14(5,6)15(18,19)20;1-13-5-8-11-10-7-3-2-6(9)4-12(7)8;6-4-1-2-5(9-7)8-3-4;1-6-2-3(4)5;;;/h4-8H,9H2,1-3H3;7-8H,1-6H3;2-4H,5H2,1H3;1-3H,7H2,(H,8,9);2H2,1H3;3*1H4. The average Bonchev–Trinajstić information content (AvgIpc) is 4.02. The van der Waals surface area contributed by atoms with E-state index in [-0.39, 0.29) is 41.0 Å². The fourth-order valence-electron chi connectivity index (χ4n) is 5.93. The number of fused-ring (bicyclic) bond motifs is 2. The van der Waals surface area contributed by atoms with Gasteiger partial charge < -0.3 is 38.4 Å². The number of methoxy groups -OCH3 is 3. The maximum absolute atomic E-state index is 14.3. The molecule has 7 aromatic heterocycles. The molecule has 0 spiro atoms. The van der Waals surface area contributed by atoms with Gasteiger partial charge in [-0.15, -0.1) is 20.4 Å². The molecule has 8 heterocycles. The number of alkyl halides is 6. The first-order chi connectivity index (χ1) is 36.7. The molecule has 31 heteroatoms. The minimum Gasteiger partial charge on any atom is -0.460 e. The molecule has 0 unspecified atom stereocenters. The lowest BCUT2D eigenvalue weighted by Crippen LogP contribution is -2.45. The predicted molar refractivity (Wildman–Crippen MR) is 302 cm³/mol. The van der Waals surface area contributed by atoms with Gasteiger partial charge in [0.1, 0.15) is 25.6 Å². The van der Waals surface area contributed by atoms with E-state index in [4.69, 9.17) is 45.7 Å². The normalized spacial score (nSPS) is 13.4. The molecule has 0 radical (unpaired) electrons. The lowest BCUT2D eigenvalue weighted by Gasteiger charge is -2.32. The number of hydrazine groups is 1. The molecule has 0 amide bonds. The van der Waals surface area contributed by atoms with Gasteiger partial charge in [-0.05, 0) is 147 Å². The Labute approximate surface area is 492 Å². The van der Waals surface area contributed by atoms with Gasteiger partial charge in [-0.25, -0.2) is 29.6 Å². The number of nitrogens with one attached hydrogen (secondary N) is 1. The zero-order valence-corrected chi connectivity index (χ0v) is 48.2. The third-order valence-electron chi connectivity index (χ3n) is 11.2. The number of nitrogens with two attached hydrogens (primary N) is 1. The highest BCUT2D eigenvalue weighted by Gasteiger charge is 2.53. The van der Waals surface area contributed by atoms with Crippen molar-refractivity contribution in [3.05, 3.63) is 112 Å². The number of nitrogens with zero attached hydrogens (tertiary/aromatic N) is 9. The van der Waals surface area contributed by atoms with Gasteiger partial charge in [0.25, 0.3) is 11.8 Å². The Morgan fingerprint density at radius 2 is 1.12 bits per heavy atom. The maximum Gasteiger partial charge on any atom is 0.496 e. The van der Waals surface area contributed by atoms with Crippen molar-refractivity contribution in [1.29, 1.82) is 0 Å². The minimum atomic E-state index is -4.67.